The number of H-pyrrole nitrogens is 1. The van der Waals surface area contributed by atoms with E-state index < -0.39 is 5.97 Å². The van der Waals surface area contributed by atoms with Crippen molar-refractivity contribution in [3.8, 4) is 11.5 Å². The van der Waals surface area contributed by atoms with Gasteiger partial charge in [-0.3, -0.25) is 9.59 Å². The molecule has 0 unspecified atom stereocenters. The Kier molecular flexibility index (Phi) is 7.07. The van der Waals surface area contributed by atoms with Gasteiger partial charge in [-0.2, -0.15) is 0 Å². The number of nitrogens with zero attached hydrogens (tertiary/aromatic N) is 2. The summed E-state index contributed by atoms with van der Waals surface area (Å²) in [6.45, 7) is 7.08. The lowest BCUT2D eigenvalue weighted by atomic mass is 10.1. The van der Waals surface area contributed by atoms with E-state index >= 15 is 0 Å². The number of piperazine rings is 1. The third-order valence-electron chi connectivity index (χ3n) is 5.62. The van der Waals surface area contributed by atoms with Crippen LogP contribution in [-0.4, -0.2) is 79.6 Å². The highest BCUT2D eigenvalue weighted by molar-refractivity contribution is 6.01. The molecule has 3 rings (SSSR count). The van der Waals surface area contributed by atoms with Crippen molar-refractivity contribution < 1.29 is 28.6 Å². The largest absolute Gasteiger partial charge is 0.493 e. The Morgan fingerprint density at radius 3 is 2.09 bits per heavy atom. The Labute approximate surface area is 187 Å². The second kappa shape index (κ2) is 9.76. The minimum absolute atomic E-state index is 0.130. The highest BCUT2D eigenvalue weighted by atomic mass is 16.5. The van der Waals surface area contributed by atoms with Crippen LogP contribution in [0.5, 0.6) is 11.5 Å². The molecule has 9 heteroatoms. The van der Waals surface area contributed by atoms with Gasteiger partial charge < -0.3 is 29.0 Å². The van der Waals surface area contributed by atoms with E-state index in [9.17, 15) is 14.4 Å². The van der Waals surface area contributed by atoms with E-state index in [2.05, 4.69) is 4.98 Å². The van der Waals surface area contributed by atoms with Crippen molar-refractivity contribution >= 4 is 17.8 Å². The van der Waals surface area contributed by atoms with Gasteiger partial charge in [-0.15, -0.1) is 0 Å². The first-order valence-corrected chi connectivity index (χ1v) is 10.5. The maximum Gasteiger partial charge on any atom is 0.340 e. The van der Waals surface area contributed by atoms with E-state index in [0.717, 1.165) is 0 Å². The highest BCUT2D eigenvalue weighted by Gasteiger charge is 2.29. The molecule has 1 N–H and O–H groups in total. The second-order valence-electron chi connectivity index (χ2n) is 7.50. The van der Waals surface area contributed by atoms with Crippen LogP contribution in [0.4, 0.5) is 0 Å². The standard InChI is InChI=1S/C23H29N3O6/c1-6-32-23(29)19-14(2)20(24-15(19)3)22(28)26-11-9-25(10-12-26)21(27)16-7-8-17(30-4)18(13-16)31-5/h7-8,13,24H,6,9-12H2,1-5H3. The molecule has 1 aliphatic rings. The third-order valence-corrected chi connectivity index (χ3v) is 5.62. The summed E-state index contributed by atoms with van der Waals surface area (Å²) in [7, 11) is 3.06. The predicted molar refractivity (Wildman–Crippen MR) is 118 cm³/mol. The second-order valence-corrected chi connectivity index (χ2v) is 7.50. The van der Waals surface area contributed by atoms with E-state index in [1.807, 2.05) is 0 Å². The minimum Gasteiger partial charge on any atom is -0.493 e. The number of methoxy groups -OCH3 is 2. The van der Waals surface area contributed by atoms with Crippen molar-refractivity contribution in [2.24, 2.45) is 0 Å². The van der Waals surface area contributed by atoms with Gasteiger partial charge in [-0.25, -0.2) is 4.79 Å². The normalized spacial score (nSPS) is 13.7. The number of esters is 1. The van der Waals surface area contributed by atoms with E-state index in [0.29, 0.717) is 65.8 Å². The molecule has 9 nitrogen and oxygen atoms in total. The molecule has 1 aliphatic heterocycles. The number of benzene rings is 1. The zero-order chi connectivity index (χ0) is 23.4. The molecule has 2 heterocycles. The monoisotopic (exact) mass is 443 g/mol. The zero-order valence-corrected chi connectivity index (χ0v) is 19.1. The SMILES string of the molecule is CCOC(=O)c1c(C)[nH]c(C(=O)N2CCN(C(=O)c3ccc(OC)c(OC)c3)CC2)c1C. The maximum atomic E-state index is 13.1. The molecule has 1 aromatic carbocycles. The van der Waals surface area contributed by atoms with Crippen LogP contribution in [0.2, 0.25) is 0 Å². The lowest BCUT2D eigenvalue weighted by molar-refractivity contribution is 0.0522. The fourth-order valence-corrected chi connectivity index (χ4v) is 3.90. The molecule has 32 heavy (non-hydrogen) atoms. The Bertz CT molecular complexity index is 1020. The fraction of sp³-hybridized carbons (Fsp3) is 0.435. The number of rotatable bonds is 6. The molecule has 0 radical (unpaired) electrons. The van der Waals surface area contributed by atoms with E-state index in [4.69, 9.17) is 14.2 Å². The van der Waals surface area contributed by atoms with Crippen molar-refractivity contribution in [2.45, 2.75) is 20.8 Å². The topological polar surface area (TPSA) is 101 Å². The summed E-state index contributed by atoms with van der Waals surface area (Å²) < 4.78 is 15.6. The van der Waals surface area contributed by atoms with Crippen LogP contribution in [0.15, 0.2) is 18.2 Å². The summed E-state index contributed by atoms with van der Waals surface area (Å²) in [5.41, 5.74) is 2.46. The molecular weight excluding hydrogens is 414 g/mol. The Hall–Kier alpha value is -3.49. The van der Waals surface area contributed by atoms with Gasteiger partial charge in [0.15, 0.2) is 11.5 Å². The number of hydrogen-bond donors (Lipinski definition) is 1. The van der Waals surface area contributed by atoms with Crippen molar-refractivity contribution in [1.29, 1.82) is 0 Å². The summed E-state index contributed by atoms with van der Waals surface area (Å²) in [5.74, 6) is 0.275. The van der Waals surface area contributed by atoms with Gasteiger partial charge in [0.2, 0.25) is 0 Å². The van der Waals surface area contributed by atoms with Gasteiger partial charge in [-0.05, 0) is 44.5 Å². The molecule has 0 saturated carbocycles. The quantitative estimate of drug-likeness (QED) is 0.688. The molecule has 2 aromatic rings. The van der Waals surface area contributed by atoms with Crippen LogP contribution in [-0.2, 0) is 4.74 Å². The highest BCUT2D eigenvalue weighted by Crippen LogP contribution is 2.28. The molecule has 0 spiro atoms. The van der Waals surface area contributed by atoms with Crippen molar-refractivity contribution in [1.82, 2.24) is 14.8 Å². The summed E-state index contributed by atoms with van der Waals surface area (Å²) in [5, 5.41) is 0. The molecule has 1 saturated heterocycles. The van der Waals surface area contributed by atoms with E-state index in [-0.39, 0.29) is 18.4 Å². The minimum atomic E-state index is -0.442. The molecule has 1 aromatic heterocycles. The van der Waals surface area contributed by atoms with Crippen LogP contribution < -0.4 is 9.47 Å². The average molecular weight is 444 g/mol. The molecular formula is C23H29N3O6. The zero-order valence-electron chi connectivity index (χ0n) is 19.1. The van der Waals surface area contributed by atoms with Crippen molar-refractivity contribution in [2.75, 3.05) is 47.0 Å². The number of ether oxygens (including phenoxy) is 3. The average Bonchev–Trinajstić information content (AvgIpc) is 3.11. The van der Waals surface area contributed by atoms with Gasteiger partial charge in [0.05, 0.1) is 26.4 Å². The van der Waals surface area contributed by atoms with Crippen LogP contribution in [0, 0.1) is 13.8 Å². The van der Waals surface area contributed by atoms with Crippen LogP contribution in [0.25, 0.3) is 0 Å². The third kappa shape index (κ3) is 4.42. The Balaban J connectivity index is 1.68. The number of nitrogens with one attached hydrogen (secondary N) is 1. The van der Waals surface area contributed by atoms with Crippen molar-refractivity contribution in [3.05, 3.63) is 46.3 Å². The van der Waals surface area contributed by atoms with Crippen LogP contribution in [0.3, 0.4) is 0 Å². The number of aryl methyl sites for hydroxylation is 1. The lowest BCUT2D eigenvalue weighted by Crippen LogP contribution is -2.50. The molecule has 0 bridgehead atoms. The fourth-order valence-electron chi connectivity index (χ4n) is 3.90. The van der Waals surface area contributed by atoms with Crippen LogP contribution >= 0.6 is 0 Å². The number of aromatic amines is 1. The van der Waals surface area contributed by atoms with Gasteiger partial charge >= 0.3 is 5.97 Å². The first kappa shape index (κ1) is 23.2. The van der Waals surface area contributed by atoms with E-state index in [1.165, 1.54) is 7.11 Å². The maximum absolute atomic E-state index is 13.1. The van der Waals surface area contributed by atoms with Gasteiger partial charge in [0.1, 0.15) is 5.69 Å². The van der Waals surface area contributed by atoms with Gasteiger partial charge in [-0.1, -0.05) is 0 Å². The van der Waals surface area contributed by atoms with E-state index in [1.54, 1.807) is 55.9 Å². The number of amides is 2. The molecule has 172 valence electrons. The molecule has 0 atom stereocenters. The predicted octanol–water partition coefficient (Wildman–Crippen LogP) is 2.42. The van der Waals surface area contributed by atoms with Gasteiger partial charge in [0.25, 0.3) is 11.8 Å². The number of carbonyl (C=O) groups excluding carboxylic acids is 3. The molecule has 1 fully saturated rings. The summed E-state index contributed by atoms with van der Waals surface area (Å²) in [4.78, 5) is 44.6. The molecule has 2 amide bonds. The Morgan fingerprint density at radius 2 is 1.53 bits per heavy atom. The molecule has 0 aliphatic carbocycles. The summed E-state index contributed by atoms with van der Waals surface area (Å²) in [6.07, 6.45) is 0. The van der Waals surface area contributed by atoms with Crippen LogP contribution in [0.1, 0.15) is 49.4 Å². The number of aromatic nitrogens is 1. The number of carbonyl (C=O) groups is 3. The smallest absolute Gasteiger partial charge is 0.340 e. The van der Waals surface area contributed by atoms with Gasteiger partial charge in [0, 0.05) is 37.4 Å². The summed E-state index contributed by atoms with van der Waals surface area (Å²) >= 11 is 0. The Morgan fingerprint density at radius 1 is 0.938 bits per heavy atom. The first-order chi connectivity index (χ1) is 15.3. The first-order valence-electron chi connectivity index (χ1n) is 10.5. The summed E-state index contributed by atoms with van der Waals surface area (Å²) in [6, 6.07) is 5.05. The lowest BCUT2D eigenvalue weighted by Gasteiger charge is -2.34. The number of hydrogen-bond acceptors (Lipinski definition) is 6. The van der Waals surface area contributed by atoms with Crippen molar-refractivity contribution in [3.63, 3.8) is 0 Å².